The van der Waals surface area contributed by atoms with Gasteiger partial charge in [0.15, 0.2) is 0 Å². The summed E-state index contributed by atoms with van der Waals surface area (Å²) in [6, 6.07) is 6.43. The number of nitrogens with zero attached hydrogens (tertiary/aromatic N) is 1. The molecule has 0 spiro atoms. The van der Waals surface area contributed by atoms with Crippen molar-refractivity contribution in [3.8, 4) is 0 Å². The average molecular weight is 315 g/mol. The van der Waals surface area contributed by atoms with Crippen molar-refractivity contribution >= 4 is 17.5 Å². The number of allylic oxidation sites excluding steroid dienone is 2. The molecule has 0 atom stereocenters. The summed E-state index contributed by atoms with van der Waals surface area (Å²) in [4.78, 5) is 38.8. The molecule has 120 valence electrons. The molecule has 3 N–H and O–H groups in total. The molecule has 0 aromatic heterocycles. The van der Waals surface area contributed by atoms with E-state index in [1.165, 1.54) is 0 Å². The molecule has 1 amide bonds. The smallest absolute Gasteiger partial charge is 0.238 e. The molecule has 1 aliphatic heterocycles. The minimum Gasteiger partial charge on any atom is -0.394 e. The molecule has 0 saturated carbocycles. The van der Waals surface area contributed by atoms with Crippen LogP contribution in [0.2, 0.25) is 0 Å². The summed E-state index contributed by atoms with van der Waals surface area (Å²) in [7, 11) is 0. The third-order valence-corrected chi connectivity index (χ3v) is 3.89. The Bertz CT molecular complexity index is 705. The van der Waals surface area contributed by atoms with Gasteiger partial charge in [-0.1, -0.05) is 24.3 Å². The van der Waals surface area contributed by atoms with Gasteiger partial charge in [-0.05, 0) is 0 Å². The van der Waals surface area contributed by atoms with Crippen LogP contribution in [-0.2, 0) is 9.53 Å². The molecule has 7 nitrogen and oxygen atoms in total. The molecule has 1 heterocycles. The van der Waals surface area contributed by atoms with Gasteiger partial charge in [0.2, 0.25) is 17.5 Å². The number of fused-ring (bicyclic) bond motifs is 1. The van der Waals surface area contributed by atoms with Gasteiger partial charge in [0.05, 0.1) is 19.8 Å². The Morgan fingerprint density at radius 2 is 1.74 bits per heavy atom. The van der Waals surface area contributed by atoms with E-state index in [-0.39, 0.29) is 35.0 Å². The quantitative estimate of drug-likeness (QED) is 0.793. The largest absolute Gasteiger partial charge is 0.394 e. The number of nitrogens with one attached hydrogen (secondary N) is 1. The van der Waals surface area contributed by atoms with Gasteiger partial charge in [0, 0.05) is 24.2 Å². The maximum absolute atomic E-state index is 12.5. The number of morpholine rings is 1. The summed E-state index contributed by atoms with van der Waals surface area (Å²) >= 11 is 0. The summed E-state index contributed by atoms with van der Waals surface area (Å²) in [6.07, 6.45) is 0. The van der Waals surface area contributed by atoms with Crippen molar-refractivity contribution < 1.29 is 19.1 Å². The SMILES string of the molecule is NC1=C(NC(=O)CN2CCOCC2)C(=O)c2ccccc2C1=O. The minimum absolute atomic E-state index is 0.128. The number of carbonyl (C=O) groups excluding carboxylic acids is 3. The van der Waals surface area contributed by atoms with Crippen LogP contribution in [0.25, 0.3) is 0 Å². The highest BCUT2D eigenvalue weighted by Gasteiger charge is 2.31. The summed E-state index contributed by atoms with van der Waals surface area (Å²) in [5.74, 6) is -1.25. The first-order valence-corrected chi connectivity index (χ1v) is 7.36. The molecule has 1 fully saturated rings. The lowest BCUT2D eigenvalue weighted by Gasteiger charge is -2.26. The van der Waals surface area contributed by atoms with Crippen molar-refractivity contribution in [3.63, 3.8) is 0 Å². The van der Waals surface area contributed by atoms with Crippen LogP contribution >= 0.6 is 0 Å². The van der Waals surface area contributed by atoms with Crippen LogP contribution < -0.4 is 11.1 Å². The predicted molar refractivity (Wildman–Crippen MR) is 81.7 cm³/mol. The molecular weight excluding hydrogens is 298 g/mol. The van der Waals surface area contributed by atoms with Gasteiger partial charge in [-0.3, -0.25) is 19.3 Å². The second-order valence-electron chi connectivity index (χ2n) is 5.43. The summed E-state index contributed by atoms with van der Waals surface area (Å²) < 4.78 is 5.22. The van der Waals surface area contributed by atoms with E-state index in [0.717, 1.165) is 0 Å². The Kier molecular flexibility index (Phi) is 4.22. The molecule has 23 heavy (non-hydrogen) atoms. The molecule has 0 unspecified atom stereocenters. The lowest BCUT2D eigenvalue weighted by Crippen LogP contribution is -2.45. The van der Waals surface area contributed by atoms with Crippen molar-refractivity contribution in [1.29, 1.82) is 0 Å². The van der Waals surface area contributed by atoms with E-state index < -0.39 is 11.6 Å². The number of carbonyl (C=O) groups is 3. The van der Waals surface area contributed by atoms with Gasteiger partial charge in [-0.25, -0.2) is 0 Å². The fourth-order valence-electron chi connectivity index (χ4n) is 2.66. The number of ether oxygens (including phenoxy) is 1. The molecule has 1 aromatic carbocycles. The lowest BCUT2D eigenvalue weighted by molar-refractivity contribution is -0.122. The third kappa shape index (κ3) is 3.01. The number of hydrogen-bond acceptors (Lipinski definition) is 6. The van der Waals surface area contributed by atoms with E-state index in [0.29, 0.717) is 26.3 Å². The number of benzene rings is 1. The van der Waals surface area contributed by atoms with Gasteiger partial charge in [-0.15, -0.1) is 0 Å². The number of ketones is 2. The van der Waals surface area contributed by atoms with E-state index in [4.69, 9.17) is 10.5 Å². The van der Waals surface area contributed by atoms with Gasteiger partial charge in [-0.2, -0.15) is 0 Å². The van der Waals surface area contributed by atoms with Crippen LogP contribution in [0.5, 0.6) is 0 Å². The Morgan fingerprint density at radius 1 is 1.13 bits per heavy atom. The first-order valence-electron chi connectivity index (χ1n) is 7.36. The Hall–Kier alpha value is -2.51. The molecule has 0 radical (unpaired) electrons. The molecule has 3 rings (SSSR count). The Morgan fingerprint density at radius 3 is 2.39 bits per heavy atom. The molecule has 2 aliphatic rings. The van der Waals surface area contributed by atoms with Gasteiger partial charge in [0.1, 0.15) is 11.4 Å². The summed E-state index contributed by atoms with van der Waals surface area (Å²) in [5, 5.41) is 2.50. The highest BCUT2D eigenvalue weighted by molar-refractivity contribution is 6.27. The first-order chi connectivity index (χ1) is 11.1. The molecule has 7 heteroatoms. The fourth-order valence-corrected chi connectivity index (χ4v) is 2.66. The number of nitrogens with two attached hydrogens (primary N) is 1. The zero-order chi connectivity index (χ0) is 16.4. The van der Waals surface area contributed by atoms with Crippen molar-refractivity contribution in [1.82, 2.24) is 10.2 Å². The average Bonchev–Trinajstić information content (AvgIpc) is 2.57. The van der Waals surface area contributed by atoms with E-state index in [2.05, 4.69) is 5.32 Å². The first kappa shape index (κ1) is 15.4. The van der Waals surface area contributed by atoms with Crippen molar-refractivity contribution in [2.75, 3.05) is 32.8 Å². The number of rotatable bonds is 3. The topological polar surface area (TPSA) is 102 Å². The van der Waals surface area contributed by atoms with Crippen LogP contribution in [0.15, 0.2) is 35.7 Å². The maximum atomic E-state index is 12.5. The third-order valence-electron chi connectivity index (χ3n) is 3.89. The fraction of sp³-hybridized carbons (Fsp3) is 0.312. The van der Waals surface area contributed by atoms with E-state index in [9.17, 15) is 14.4 Å². The maximum Gasteiger partial charge on any atom is 0.238 e. The van der Waals surface area contributed by atoms with Crippen LogP contribution in [0.1, 0.15) is 20.7 Å². The predicted octanol–water partition coefficient (Wildman–Crippen LogP) is -0.316. The molecule has 0 bridgehead atoms. The van der Waals surface area contributed by atoms with E-state index in [1.54, 1.807) is 24.3 Å². The molecular formula is C16H17N3O4. The number of amides is 1. The van der Waals surface area contributed by atoms with Crippen LogP contribution in [-0.4, -0.2) is 55.2 Å². The highest BCUT2D eigenvalue weighted by atomic mass is 16.5. The summed E-state index contributed by atoms with van der Waals surface area (Å²) in [6.45, 7) is 2.57. The Balaban J connectivity index is 1.76. The van der Waals surface area contributed by atoms with Crippen LogP contribution in [0.4, 0.5) is 0 Å². The zero-order valence-corrected chi connectivity index (χ0v) is 12.5. The van der Waals surface area contributed by atoms with Crippen LogP contribution in [0.3, 0.4) is 0 Å². The van der Waals surface area contributed by atoms with E-state index in [1.807, 2.05) is 4.90 Å². The van der Waals surface area contributed by atoms with Crippen molar-refractivity contribution in [2.45, 2.75) is 0 Å². The van der Waals surface area contributed by atoms with Gasteiger partial charge in [0.25, 0.3) is 0 Å². The highest BCUT2D eigenvalue weighted by Crippen LogP contribution is 2.22. The van der Waals surface area contributed by atoms with Gasteiger partial charge >= 0.3 is 0 Å². The van der Waals surface area contributed by atoms with E-state index >= 15 is 0 Å². The second-order valence-corrected chi connectivity index (χ2v) is 5.43. The monoisotopic (exact) mass is 315 g/mol. The lowest BCUT2D eigenvalue weighted by atomic mass is 9.90. The van der Waals surface area contributed by atoms with Crippen molar-refractivity contribution in [3.05, 3.63) is 46.8 Å². The normalized spacial score (nSPS) is 18.8. The standard InChI is InChI=1S/C16H17N3O4/c17-13-14(18-12(20)9-19-5-7-23-8-6-19)16(22)11-4-2-1-3-10(11)15(13)21/h1-4H,5-9,17H2,(H,18,20). The minimum atomic E-state index is -0.443. The zero-order valence-electron chi connectivity index (χ0n) is 12.5. The van der Waals surface area contributed by atoms with Gasteiger partial charge < -0.3 is 15.8 Å². The molecule has 1 aromatic rings. The van der Waals surface area contributed by atoms with Crippen LogP contribution in [0, 0.1) is 0 Å². The molecule has 1 aliphatic carbocycles. The second kappa shape index (κ2) is 6.31. The number of hydrogen-bond donors (Lipinski definition) is 2. The van der Waals surface area contributed by atoms with Crippen molar-refractivity contribution in [2.24, 2.45) is 5.73 Å². The summed E-state index contributed by atoms with van der Waals surface area (Å²) in [5.41, 5.74) is 5.94. The molecule has 1 saturated heterocycles. The Labute approximate surface area is 133 Å². The number of Topliss-reactive ketones (excluding diaryl/α,β-unsaturated/α-hetero) is 2.